The minimum Gasteiger partial charge on any atom is -0.370 e. The van der Waals surface area contributed by atoms with Gasteiger partial charge in [0.05, 0.1) is 0 Å². The fraction of sp³-hybridized carbons (Fsp3) is 0.333. The highest BCUT2D eigenvalue weighted by Gasteiger charge is 2.45. The first-order chi connectivity index (χ1) is 34.4. The standard InChI is InChI=1S/C36H57NO9Si3.C18H12I3N/c1-10-38-47(39-11-2,40-12-3)34-25-19-31(20-26-34)37(32-21-27-35(28-22-32)48(41-13-4,42-14-5)43-15-6)33-23-29-36(30-24-33)49(44-16-7,45-17-8)46-18-9;19-13-1-7-16(8-2-13)22(17-9-3-14(20)4-10-17)18-11-5-15(21)6-12-18/h19-30H,10-18H2,1-9H3;1-12H. The van der Waals surface area contributed by atoms with Crippen molar-refractivity contribution in [2.45, 2.75) is 62.3 Å². The molecule has 17 heteroatoms. The van der Waals surface area contributed by atoms with E-state index in [0.717, 1.165) is 32.6 Å². The van der Waals surface area contributed by atoms with E-state index in [1.807, 2.05) is 98.7 Å². The number of hydrogen-bond donors (Lipinski definition) is 0. The van der Waals surface area contributed by atoms with Gasteiger partial charge in [0.25, 0.3) is 0 Å². The van der Waals surface area contributed by atoms with Crippen LogP contribution in [0, 0.1) is 10.7 Å². The van der Waals surface area contributed by atoms with E-state index in [4.69, 9.17) is 39.8 Å². The smallest absolute Gasteiger partial charge is 0.370 e. The Bertz CT molecular complexity index is 2120. The lowest BCUT2D eigenvalue weighted by Crippen LogP contribution is -2.57. The highest BCUT2D eigenvalue weighted by Crippen LogP contribution is 2.36. The number of nitrogens with zero attached hydrogens (tertiary/aromatic N) is 2. The summed E-state index contributed by atoms with van der Waals surface area (Å²) in [6.45, 7) is 22.1. The lowest BCUT2D eigenvalue weighted by molar-refractivity contribution is 0.0851. The lowest BCUT2D eigenvalue weighted by Gasteiger charge is -2.31. The average molecular weight is 1360 g/mol. The number of benzene rings is 6. The molecule has 0 unspecified atom stereocenters. The SMILES string of the molecule is CCO[Si](OCC)(OCC)c1ccc(N(c2ccc([Si](OCC)(OCC)OCC)cc2)c2ccc([Si](OCC)(OCC)OCC)cc2)cc1.Ic1ccc(N(c2ccc(I)cc2)c2ccc(I)cc2)cc1. The molecular weight excluding hydrogens is 1290 g/mol. The second-order valence-corrected chi connectivity index (χ2v) is 26.7. The van der Waals surface area contributed by atoms with Gasteiger partial charge in [-0.2, -0.15) is 0 Å². The molecule has 0 aliphatic heterocycles. The quantitative estimate of drug-likeness (QED) is 0.0365. The van der Waals surface area contributed by atoms with Crippen molar-refractivity contribution in [2.24, 2.45) is 0 Å². The van der Waals surface area contributed by atoms with E-state index in [1.54, 1.807) is 0 Å². The van der Waals surface area contributed by atoms with E-state index in [-0.39, 0.29) is 0 Å². The van der Waals surface area contributed by atoms with E-state index < -0.39 is 26.4 Å². The van der Waals surface area contributed by atoms with Gasteiger partial charge in [-0.15, -0.1) is 0 Å². The molecule has 11 nitrogen and oxygen atoms in total. The van der Waals surface area contributed by atoms with Crippen molar-refractivity contribution >= 4 is 144 Å². The largest absolute Gasteiger partial charge is 0.537 e. The van der Waals surface area contributed by atoms with Crippen LogP contribution < -0.4 is 25.4 Å². The number of anilines is 6. The van der Waals surface area contributed by atoms with Gasteiger partial charge in [-0.3, -0.25) is 0 Å². The zero-order valence-corrected chi connectivity index (χ0v) is 51.9. The van der Waals surface area contributed by atoms with Crippen molar-refractivity contribution in [3.05, 3.63) is 156 Å². The van der Waals surface area contributed by atoms with E-state index >= 15 is 0 Å². The molecule has 0 amide bonds. The average Bonchev–Trinajstić information content (AvgIpc) is 3.37. The molecule has 0 aliphatic rings. The summed E-state index contributed by atoms with van der Waals surface area (Å²) in [5.41, 5.74) is 6.35. The van der Waals surface area contributed by atoms with Crippen LogP contribution in [0.4, 0.5) is 34.1 Å². The highest BCUT2D eigenvalue weighted by atomic mass is 127. The molecule has 0 saturated carbocycles. The summed E-state index contributed by atoms with van der Waals surface area (Å²) < 4.78 is 59.5. The molecule has 71 heavy (non-hydrogen) atoms. The first-order valence-corrected chi connectivity index (χ1v) is 32.8. The molecule has 0 bridgehead atoms. The maximum Gasteiger partial charge on any atom is 0.537 e. The van der Waals surface area contributed by atoms with Crippen LogP contribution in [0.2, 0.25) is 0 Å². The third-order valence-corrected chi connectivity index (χ3v) is 22.0. The predicted molar refractivity (Wildman–Crippen MR) is 321 cm³/mol. The maximum absolute atomic E-state index is 6.19. The summed E-state index contributed by atoms with van der Waals surface area (Å²) in [5, 5.41) is 2.73. The van der Waals surface area contributed by atoms with Crippen LogP contribution >= 0.6 is 67.8 Å². The van der Waals surface area contributed by atoms with Crippen molar-refractivity contribution < 1.29 is 39.8 Å². The molecule has 6 aromatic carbocycles. The lowest BCUT2D eigenvalue weighted by atomic mass is 10.2. The van der Waals surface area contributed by atoms with Crippen LogP contribution in [-0.2, 0) is 39.8 Å². The van der Waals surface area contributed by atoms with Gasteiger partial charge in [0, 0.05) is 120 Å². The summed E-state index contributed by atoms with van der Waals surface area (Å²) in [7, 11) is -9.26. The van der Waals surface area contributed by atoms with Crippen molar-refractivity contribution in [1.29, 1.82) is 0 Å². The number of hydrogen-bond acceptors (Lipinski definition) is 11. The zero-order chi connectivity index (χ0) is 51.3. The Balaban J connectivity index is 0.000000351. The zero-order valence-electron chi connectivity index (χ0n) is 42.4. The number of rotatable bonds is 27. The van der Waals surface area contributed by atoms with Gasteiger partial charge in [-0.25, -0.2) is 0 Å². The van der Waals surface area contributed by atoms with Gasteiger partial charge in [0.2, 0.25) is 0 Å². The molecule has 382 valence electrons. The van der Waals surface area contributed by atoms with E-state index in [0.29, 0.717) is 59.5 Å². The minimum absolute atomic E-state index is 0.491. The molecule has 0 N–H and O–H groups in total. The second-order valence-electron chi connectivity index (χ2n) is 15.3. The topological polar surface area (TPSA) is 89.6 Å². The minimum atomic E-state index is -3.09. The van der Waals surface area contributed by atoms with Crippen molar-refractivity contribution in [3.8, 4) is 0 Å². The van der Waals surface area contributed by atoms with Crippen LogP contribution in [0.5, 0.6) is 0 Å². The first kappa shape index (κ1) is 59.3. The Morgan fingerprint density at radius 1 is 0.254 bits per heavy atom. The monoisotopic (exact) mass is 1350 g/mol. The van der Waals surface area contributed by atoms with Crippen LogP contribution in [0.15, 0.2) is 146 Å². The van der Waals surface area contributed by atoms with Crippen molar-refractivity contribution in [3.63, 3.8) is 0 Å². The Labute approximate surface area is 467 Å². The maximum atomic E-state index is 6.19. The Morgan fingerprint density at radius 2 is 0.394 bits per heavy atom. The normalized spacial score (nSPS) is 11.8. The summed E-state index contributed by atoms with van der Waals surface area (Å²) in [4.78, 5) is 4.47. The van der Waals surface area contributed by atoms with Gasteiger partial charge >= 0.3 is 26.4 Å². The third-order valence-electron chi connectivity index (χ3n) is 10.7. The number of halogens is 3. The van der Waals surface area contributed by atoms with Crippen LogP contribution in [0.3, 0.4) is 0 Å². The predicted octanol–water partition coefficient (Wildman–Crippen LogP) is 12.9. The summed E-state index contributed by atoms with van der Waals surface area (Å²) in [6, 6.07) is 50.6. The molecule has 0 radical (unpaired) electrons. The van der Waals surface area contributed by atoms with Crippen LogP contribution in [-0.4, -0.2) is 85.9 Å². The highest BCUT2D eigenvalue weighted by molar-refractivity contribution is 14.1. The molecule has 0 atom stereocenters. The van der Waals surface area contributed by atoms with Gasteiger partial charge in [0.1, 0.15) is 0 Å². The van der Waals surface area contributed by atoms with Gasteiger partial charge < -0.3 is 49.6 Å². The van der Waals surface area contributed by atoms with Gasteiger partial charge in [-0.05, 0) is 239 Å². The molecular formula is C54H69I3N2O9Si3. The Kier molecular flexibility index (Phi) is 25.1. The second kappa shape index (κ2) is 30.1. The van der Waals surface area contributed by atoms with E-state index in [2.05, 4.69) is 187 Å². The fourth-order valence-electron chi connectivity index (χ4n) is 7.94. The van der Waals surface area contributed by atoms with E-state index in [9.17, 15) is 0 Å². The Morgan fingerprint density at radius 3 is 0.535 bits per heavy atom. The molecule has 6 aromatic rings. The van der Waals surface area contributed by atoms with Gasteiger partial charge in [0.15, 0.2) is 0 Å². The molecule has 0 heterocycles. The molecule has 0 spiro atoms. The van der Waals surface area contributed by atoms with Crippen molar-refractivity contribution in [1.82, 2.24) is 0 Å². The van der Waals surface area contributed by atoms with E-state index in [1.165, 1.54) is 27.8 Å². The summed E-state index contributed by atoms with van der Waals surface area (Å²) in [5.74, 6) is 0. The van der Waals surface area contributed by atoms with Crippen molar-refractivity contribution in [2.75, 3.05) is 69.3 Å². The van der Waals surface area contributed by atoms with Gasteiger partial charge in [-0.1, -0.05) is 36.4 Å². The molecule has 0 saturated heterocycles. The summed E-state index contributed by atoms with van der Waals surface area (Å²) in [6.07, 6.45) is 0. The van der Waals surface area contributed by atoms with Crippen LogP contribution in [0.1, 0.15) is 62.3 Å². The molecule has 6 rings (SSSR count). The third kappa shape index (κ3) is 15.7. The molecule has 0 aliphatic carbocycles. The summed E-state index contributed by atoms with van der Waals surface area (Å²) >= 11 is 7.01. The first-order valence-electron chi connectivity index (χ1n) is 24.4. The fourth-order valence-corrected chi connectivity index (χ4v) is 16.4. The molecule has 0 fully saturated rings. The van der Waals surface area contributed by atoms with Crippen LogP contribution in [0.25, 0.3) is 0 Å². The Hall–Kier alpha value is -2.60. The molecule has 0 aromatic heterocycles.